The number of rotatable bonds is 5. The lowest BCUT2D eigenvalue weighted by Gasteiger charge is -2.37. The second-order valence-electron chi connectivity index (χ2n) is 7.68. The first-order valence-electron chi connectivity index (χ1n) is 9.71. The number of hydrogen-bond acceptors (Lipinski definition) is 2. The normalized spacial score (nSPS) is 29.8. The summed E-state index contributed by atoms with van der Waals surface area (Å²) >= 11 is 6.00. The van der Waals surface area contributed by atoms with Crippen molar-refractivity contribution in [3.63, 3.8) is 0 Å². The zero-order chi connectivity index (χ0) is 17.6. The van der Waals surface area contributed by atoms with Gasteiger partial charge in [-0.2, -0.15) is 0 Å². The fourth-order valence-corrected chi connectivity index (χ4v) is 4.81. The maximum atomic E-state index is 11.6. The van der Waals surface area contributed by atoms with Gasteiger partial charge in [-0.3, -0.25) is 4.79 Å². The van der Waals surface area contributed by atoms with E-state index in [1.165, 1.54) is 44.1 Å². The van der Waals surface area contributed by atoms with Crippen molar-refractivity contribution in [3.8, 4) is 0 Å². The Morgan fingerprint density at radius 1 is 1.00 bits per heavy atom. The summed E-state index contributed by atoms with van der Waals surface area (Å²) in [4.78, 5) is 11.6. The van der Waals surface area contributed by atoms with Gasteiger partial charge in [0.05, 0.1) is 6.42 Å². The monoisotopic (exact) mass is 360 g/mol. The van der Waals surface area contributed by atoms with Crippen LogP contribution in [-0.2, 0) is 9.53 Å². The second-order valence-corrected chi connectivity index (χ2v) is 8.12. The van der Waals surface area contributed by atoms with Gasteiger partial charge in [0.15, 0.2) is 0 Å². The third kappa shape index (κ3) is 5.10. The fraction of sp³-hybridized carbons (Fsp3) is 0.591. The summed E-state index contributed by atoms with van der Waals surface area (Å²) in [5.74, 6) is 2.25. The van der Waals surface area contributed by atoms with E-state index in [-0.39, 0.29) is 12.1 Å². The molecule has 0 saturated heterocycles. The Hall–Kier alpha value is -1.28. The van der Waals surface area contributed by atoms with E-state index in [0.717, 1.165) is 29.7 Å². The number of esters is 1. The predicted octanol–water partition coefficient (Wildman–Crippen LogP) is 6.29. The first-order valence-corrected chi connectivity index (χ1v) is 10.1. The van der Waals surface area contributed by atoms with Gasteiger partial charge in [0.2, 0.25) is 0 Å². The molecule has 3 heteroatoms. The zero-order valence-corrected chi connectivity index (χ0v) is 15.7. The first-order chi connectivity index (χ1) is 12.2. The smallest absolute Gasteiger partial charge is 0.309 e. The molecule has 25 heavy (non-hydrogen) atoms. The lowest BCUT2D eigenvalue weighted by Crippen LogP contribution is -2.29. The van der Waals surface area contributed by atoms with Crippen LogP contribution in [0.2, 0.25) is 5.02 Å². The Labute approximate surface area is 156 Å². The number of hydrogen-bond donors (Lipinski definition) is 0. The van der Waals surface area contributed by atoms with Crippen LogP contribution in [0.25, 0.3) is 0 Å². The number of carbonyl (C=O) groups excluding carboxylic acids is 1. The van der Waals surface area contributed by atoms with Gasteiger partial charge in [-0.1, -0.05) is 29.8 Å². The van der Waals surface area contributed by atoms with Crippen molar-refractivity contribution in [2.75, 3.05) is 0 Å². The second kappa shape index (κ2) is 8.89. The number of ether oxygens (including phenoxy) is 1. The molecule has 0 unspecified atom stereocenters. The third-order valence-corrected chi connectivity index (χ3v) is 6.36. The summed E-state index contributed by atoms with van der Waals surface area (Å²) in [6.07, 6.45) is 11.8. The summed E-state index contributed by atoms with van der Waals surface area (Å²) in [6.45, 7) is 3.59. The number of halogens is 1. The molecule has 1 aromatic carbocycles. The van der Waals surface area contributed by atoms with E-state index in [1.807, 2.05) is 12.1 Å². The predicted molar refractivity (Wildman–Crippen MR) is 103 cm³/mol. The quantitative estimate of drug-likeness (QED) is 0.455. The summed E-state index contributed by atoms with van der Waals surface area (Å²) in [5.41, 5.74) is 1.45. The van der Waals surface area contributed by atoms with Crippen LogP contribution in [0.4, 0.5) is 0 Å². The van der Waals surface area contributed by atoms with E-state index < -0.39 is 0 Å². The van der Waals surface area contributed by atoms with Gasteiger partial charge in [0, 0.05) is 5.02 Å². The van der Waals surface area contributed by atoms with E-state index in [2.05, 4.69) is 18.7 Å². The topological polar surface area (TPSA) is 26.3 Å². The highest BCUT2D eigenvalue weighted by atomic mass is 35.5. The van der Waals surface area contributed by atoms with E-state index >= 15 is 0 Å². The summed E-state index contributed by atoms with van der Waals surface area (Å²) < 4.78 is 5.53. The zero-order valence-electron chi connectivity index (χ0n) is 15.0. The minimum Gasteiger partial charge on any atom is -0.462 e. The van der Waals surface area contributed by atoms with Gasteiger partial charge in [-0.25, -0.2) is 0 Å². The molecular formula is C22H29ClO2. The van der Waals surface area contributed by atoms with Crippen molar-refractivity contribution < 1.29 is 9.53 Å². The molecule has 0 heterocycles. The number of carbonyl (C=O) groups is 1. The minimum absolute atomic E-state index is 0.123. The molecule has 2 aliphatic carbocycles. The van der Waals surface area contributed by atoms with Gasteiger partial charge in [0.25, 0.3) is 0 Å². The van der Waals surface area contributed by atoms with Crippen LogP contribution >= 0.6 is 11.6 Å². The Kier molecular flexibility index (Phi) is 6.58. The fourth-order valence-electron chi connectivity index (χ4n) is 4.69. The van der Waals surface area contributed by atoms with Gasteiger partial charge in [0.1, 0.15) is 6.10 Å². The molecule has 0 aromatic heterocycles. The van der Waals surface area contributed by atoms with Crippen LogP contribution in [-0.4, -0.2) is 12.1 Å². The molecule has 0 amide bonds. The average Bonchev–Trinajstić information content (AvgIpc) is 2.63. The van der Waals surface area contributed by atoms with Crippen molar-refractivity contribution in [1.29, 1.82) is 0 Å². The molecular weight excluding hydrogens is 332 g/mol. The van der Waals surface area contributed by atoms with Crippen molar-refractivity contribution in [2.24, 2.45) is 11.8 Å². The molecule has 0 spiro atoms. The van der Waals surface area contributed by atoms with Gasteiger partial charge in [-0.15, -0.1) is 6.58 Å². The molecule has 2 fully saturated rings. The maximum Gasteiger partial charge on any atom is 0.309 e. The molecule has 136 valence electrons. The van der Waals surface area contributed by atoms with E-state index in [4.69, 9.17) is 16.3 Å². The summed E-state index contributed by atoms with van der Waals surface area (Å²) in [7, 11) is 0. The van der Waals surface area contributed by atoms with E-state index in [9.17, 15) is 4.79 Å². The first kappa shape index (κ1) is 18.5. The summed E-state index contributed by atoms with van der Waals surface area (Å²) in [6, 6.07) is 8.40. The van der Waals surface area contributed by atoms with Crippen LogP contribution in [0.5, 0.6) is 0 Å². The maximum absolute atomic E-state index is 11.6. The molecule has 2 saturated carbocycles. The van der Waals surface area contributed by atoms with Crippen molar-refractivity contribution in [2.45, 2.75) is 69.8 Å². The van der Waals surface area contributed by atoms with Crippen molar-refractivity contribution in [3.05, 3.63) is 47.5 Å². The summed E-state index contributed by atoms with van der Waals surface area (Å²) in [5, 5.41) is 0.822. The van der Waals surface area contributed by atoms with Crippen molar-refractivity contribution >= 4 is 17.6 Å². The standard InChI is InChI=1S/C22H29ClO2/c1-2-3-22(24)25-21-14-10-19(11-15-21)17-6-4-16(5-7-17)18-8-12-20(23)13-9-18/h2,8-9,12-13,16-17,19,21H,1,3-7,10-11,14-15H2/t16-,17-,19?,21?. The lowest BCUT2D eigenvalue weighted by molar-refractivity contribution is -0.150. The highest BCUT2D eigenvalue weighted by Crippen LogP contribution is 2.43. The SMILES string of the molecule is C=CCC(=O)OC1CCC([C@H]2CC[C@H](c3ccc(Cl)cc3)CC2)CC1. The highest BCUT2D eigenvalue weighted by Gasteiger charge is 2.32. The Morgan fingerprint density at radius 3 is 2.12 bits per heavy atom. The minimum atomic E-state index is -0.123. The van der Waals surface area contributed by atoms with Crippen LogP contribution in [0.1, 0.15) is 69.3 Å². The molecule has 0 N–H and O–H groups in total. The Balaban J connectivity index is 1.42. The van der Waals surface area contributed by atoms with Crippen molar-refractivity contribution in [1.82, 2.24) is 0 Å². The van der Waals surface area contributed by atoms with Gasteiger partial charge in [-0.05, 0) is 86.8 Å². The molecule has 0 radical (unpaired) electrons. The average molecular weight is 361 g/mol. The number of benzene rings is 1. The van der Waals surface area contributed by atoms with E-state index in [1.54, 1.807) is 6.08 Å². The molecule has 0 bridgehead atoms. The Morgan fingerprint density at radius 2 is 1.56 bits per heavy atom. The van der Waals surface area contributed by atoms with Crippen LogP contribution in [0.15, 0.2) is 36.9 Å². The molecule has 1 aromatic rings. The molecule has 2 aliphatic rings. The third-order valence-electron chi connectivity index (χ3n) is 6.11. The molecule has 0 atom stereocenters. The van der Waals surface area contributed by atoms with Crippen LogP contribution in [0.3, 0.4) is 0 Å². The van der Waals surface area contributed by atoms with E-state index in [0.29, 0.717) is 12.3 Å². The van der Waals surface area contributed by atoms with Crippen LogP contribution in [0, 0.1) is 11.8 Å². The Bertz CT molecular complexity index is 564. The van der Waals surface area contributed by atoms with Gasteiger partial charge >= 0.3 is 5.97 Å². The largest absolute Gasteiger partial charge is 0.462 e. The highest BCUT2D eigenvalue weighted by molar-refractivity contribution is 6.30. The van der Waals surface area contributed by atoms with Gasteiger partial charge < -0.3 is 4.74 Å². The lowest BCUT2D eigenvalue weighted by atomic mass is 9.69. The molecule has 0 aliphatic heterocycles. The van der Waals surface area contributed by atoms with Crippen LogP contribution < -0.4 is 0 Å². The molecule has 3 rings (SSSR count). The molecule has 2 nitrogen and oxygen atoms in total.